The molecule has 3 aromatic rings. The van der Waals surface area contributed by atoms with Gasteiger partial charge in [0.25, 0.3) is 5.91 Å². The molecule has 13 heteroatoms. The number of hydrogen-bond acceptors (Lipinski definition) is 3. The minimum atomic E-state index is -5.06. The van der Waals surface area contributed by atoms with Crippen LogP contribution in [0.4, 0.5) is 36.4 Å². The van der Waals surface area contributed by atoms with Gasteiger partial charge in [-0.15, -0.1) is 0 Å². The van der Waals surface area contributed by atoms with Gasteiger partial charge in [-0.3, -0.25) is 14.5 Å². The molecule has 2 aromatic heterocycles. The second-order valence-corrected chi connectivity index (χ2v) is 6.57. The molecular formula is C18H10ClF7N4O. The van der Waals surface area contributed by atoms with Crippen LogP contribution in [0.1, 0.15) is 27.2 Å². The van der Waals surface area contributed by atoms with Crippen molar-refractivity contribution in [1.29, 1.82) is 0 Å². The van der Waals surface area contributed by atoms with Gasteiger partial charge < -0.3 is 5.32 Å². The fourth-order valence-corrected chi connectivity index (χ4v) is 2.85. The average Bonchev–Trinajstić information content (AvgIpc) is 3.09. The number of carbonyl (C=O) groups is 1. The summed E-state index contributed by atoms with van der Waals surface area (Å²) in [5.74, 6) is -2.21. The van der Waals surface area contributed by atoms with Crippen LogP contribution in [0.2, 0.25) is 5.02 Å². The van der Waals surface area contributed by atoms with Crippen LogP contribution < -0.4 is 5.32 Å². The van der Waals surface area contributed by atoms with E-state index in [9.17, 15) is 35.5 Å². The van der Waals surface area contributed by atoms with Crippen LogP contribution in [0.3, 0.4) is 0 Å². The van der Waals surface area contributed by atoms with Gasteiger partial charge in [-0.25, -0.2) is 4.39 Å². The third kappa shape index (κ3) is 4.95. The van der Waals surface area contributed by atoms with Gasteiger partial charge >= 0.3 is 12.4 Å². The molecule has 0 aliphatic carbocycles. The van der Waals surface area contributed by atoms with Gasteiger partial charge in [-0.05, 0) is 17.7 Å². The molecular weight excluding hydrogens is 457 g/mol. The Morgan fingerprint density at radius 3 is 2.42 bits per heavy atom. The summed E-state index contributed by atoms with van der Waals surface area (Å²) in [5.41, 5.74) is -4.11. The van der Waals surface area contributed by atoms with E-state index in [1.165, 1.54) is 12.1 Å². The molecule has 1 N–H and O–H groups in total. The van der Waals surface area contributed by atoms with E-state index in [4.69, 9.17) is 11.6 Å². The van der Waals surface area contributed by atoms with E-state index in [-0.39, 0.29) is 5.56 Å². The molecule has 0 saturated carbocycles. The summed E-state index contributed by atoms with van der Waals surface area (Å²) in [6, 6.07) is 4.06. The molecule has 0 radical (unpaired) electrons. The van der Waals surface area contributed by atoms with E-state index in [1.807, 2.05) is 5.32 Å². The Hall–Kier alpha value is -3.15. The first-order chi connectivity index (χ1) is 14.4. The number of pyridine rings is 1. The van der Waals surface area contributed by atoms with Crippen molar-refractivity contribution in [3.05, 3.63) is 76.1 Å². The number of hydrogen-bond donors (Lipinski definition) is 1. The van der Waals surface area contributed by atoms with Gasteiger partial charge in [0.15, 0.2) is 5.69 Å². The Morgan fingerprint density at radius 2 is 1.77 bits per heavy atom. The summed E-state index contributed by atoms with van der Waals surface area (Å²) in [6.45, 7) is -0.607. The van der Waals surface area contributed by atoms with Crippen LogP contribution in [0, 0.1) is 5.82 Å². The van der Waals surface area contributed by atoms with Crippen molar-refractivity contribution in [2.75, 3.05) is 5.32 Å². The van der Waals surface area contributed by atoms with Gasteiger partial charge in [0, 0.05) is 6.20 Å². The largest absolute Gasteiger partial charge is 0.433 e. The zero-order chi connectivity index (χ0) is 23.0. The van der Waals surface area contributed by atoms with E-state index < -0.39 is 58.2 Å². The van der Waals surface area contributed by atoms with E-state index in [2.05, 4.69) is 10.1 Å². The normalized spacial score (nSPS) is 12.1. The van der Waals surface area contributed by atoms with Gasteiger partial charge in [-0.2, -0.15) is 31.4 Å². The Labute approximate surface area is 174 Å². The molecule has 1 aromatic carbocycles. The SMILES string of the molecule is O=C(Nc1cncc(C(F)(F)F)c1)c1cnn(Cc2cccc(F)c2Cl)c1C(F)(F)F. The highest BCUT2D eigenvalue weighted by Crippen LogP contribution is 2.34. The molecule has 3 rings (SSSR count). The first-order valence-corrected chi connectivity index (χ1v) is 8.65. The number of rotatable bonds is 4. The maximum Gasteiger partial charge on any atom is 0.433 e. The predicted octanol–water partition coefficient (Wildman–Crippen LogP) is 5.41. The molecule has 0 atom stereocenters. The topological polar surface area (TPSA) is 59.8 Å². The van der Waals surface area contributed by atoms with E-state index in [1.54, 1.807) is 0 Å². The molecule has 164 valence electrons. The van der Waals surface area contributed by atoms with E-state index >= 15 is 0 Å². The Morgan fingerprint density at radius 1 is 1.06 bits per heavy atom. The van der Waals surface area contributed by atoms with Crippen LogP contribution in [-0.2, 0) is 18.9 Å². The van der Waals surface area contributed by atoms with Crippen molar-refractivity contribution in [2.45, 2.75) is 18.9 Å². The number of nitrogens with one attached hydrogen (secondary N) is 1. The predicted molar refractivity (Wildman–Crippen MR) is 94.9 cm³/mol. The van der Waals surface area contributed by atoms with Crippen LogP contribution in [0.15, 0.2) is 42.9 Å². The molecule has 31 heavy (non-hydrogen) atoms. The fourth-order valence-electron chi connectivity index (χ4n) is 2.66. The zero-order valence-corrected chi connectivity index (χ0v) is 15.8. The Balaban J connectivity index is 1.95. The molecule has 0 aliphatic rings. The maximum atomic E-state index is 13.6. The summed E-state index contributed by atoms with van der Waals surface area (Å²) in [6.07, 6.45) is -7.88. The highest BCUT2D eigenvalue weighted by molar-refractivity contribution is 6.31. The summed E-state index contributed by atoms with van der Waals surface area (Å²) in [5, 5.41) is 5.06. The minimum Gasteiger partial charge on any atom is -0.320 e. The Kier molecular flexibility index (Phi) is 5.94. The molecule has 0 fully saturated rings. The number of amides is 1. The number of aromatic nitrogens is 3. The minimum absolute atomic E-state index is 0.0238. The average molecular weight is 467 g/mol. The summed E-state index contributed by atoms with van der Waals surface area (Å²) in [7, 11) is 0. The number of anilines is 1. The van der Waals surface area contributed by atoms with Crippen molar-refractivity contribution < 1.29 is 35.5 Å². The first-order valence-electron chi connectivity index (χ1n) is 8.27. The number of halogens is 8. The highest BCUT2D eigenvalue weighted by Gasteiger charge is 2.40. The quantitative estimate of drug-likeness (QED) is 0.523. The van der Waals surface area contributed by atoms with E-state index in [0.717, 1.165) is 12.3 Å². The maximum absolute atomic E-state index is 13.6. The van der Waals surface area contributed by atoms with Gasteiger partial charge in [0.2, 0.25) is 0 Å². The van der Waals surface area contributed by atoms with Crippen molar-refractivity contribution in [3.63, 3.8) is 0 Å². The number of carbonyl (C=O) groups excluding carboxylic acids is 1. The molecule has 2 heterocycles. The molecule has 1 amide bonds. The van der Waals surface area contributed by atoms with Crippen LogP contribution in [0.25, 0.3) is 0 Å². The van der Waals surface area contributed by atoms with Crippen molar-refractivity contribution >= 4 is 23.2 Å². The lowest BCUT2D eigenvalue weighted by molar-refractivity contribution is -0.144. The van der Waals surface area contributed by atoms with Crippen molar-refractivity contribution in [2.24, 2.45) is 0 Å². The molecule has 0 bridgehead atoms. The molecule has 0 saturated heterocycles. The fraction of sp³-hybridized carbons (Fsp3) is 0.167. The standard InChI is InChI=1S/C18H10ClF7N4O/c19-14-9(2-1-3-13(14)20)8-30-15(18(24,25)26)12(7-28-30)16(31)29-11-4-10(5-27-6-11)17(21,22)23/h1-7H,8H2,(H,29,31). The Bertz CT molecular complexity index is 1120. The highest BCUT2D eigenvalue weighted by atomic mass is 35.5. The van der Waals surface area contributed by atoms with Crippen LogP contribution in [0.5, 0.6) is 0 Å². The van der Waals surface area contributed by atoms with Crippen molar-refractivity contribution in [3.8, 4) is 0 Å². The third-order valence-corrected chi connectivity index (χ3v) is 4.45. The zero-order valence-electron chi connectivity index (χ0n) is 15.0. The second-order valence-electron chi connectivity index (χ2n) is 6.19. The molecule has 0 aliphatic heterocycles. The molecule has 0 unspecified atom stereocenters. The smallest absolute Gasteiger partial charge is 0.320 e. The van der Waals surface area contributed by atoms with Crippen molar-refractivity contribution in [1.82, 2.24) is 14.8 Å². The lowest BCUT2D eigenvalue weighted by Crippen LogP contribution is -2.22. The third-order valence-electron chi connectivity index (χ3n) is 4.03. The van der Waals surface area contributed by atoms with Gasteiger partial charge in [0.1, 0.15) is 5.82 Å². The second kappa shape index (κ2) is 8.17. The van der Waals surface area contributed by atoms with Gasteiger partial charge in [0.05, 0.1) is 40.8 Å². The number of alkyl halides is 6. The lowest BCUT2D eigenvalue weighted by Gasteiger charge is -2.14. The number of nitrogens with zero attached hydrogens (tertiary/aromatic N) is 3. The summed E-state index contributed by atoms with van der Waals surface area (Å²) >= 11 is 5.76. The summed E-state index contributed by atoms with van der Waals surface area (Å²) < 4.78 is 93.2. The number of benzene rings is 1. The van der Waals surface area contributed by atoms with E-state index in [0.29, 0.717) is 23.1 Å². The van der Waals surface area contributed by atoms with Crippen LogP contribution in [-0.4, -0.2) is 20.7 Å². The molecule has 0 spiro atoms. The molecule has 5 nitrogen and oxygen atoms in total. The van der Waals surface area contributed by atoms with Crippen LogP contribution >= 0.6 is 11.6 Å². The monoisotopic (exact) mass is 466 g/mol. The van der Waals surface area contributed by atoms with Gasteiger partial charge in [-0.1, -0.05) is 23.7 Å². The lowest BCUT2D eigenvalue weighted by atomic mass is 10.2. The summed E-state index contributed by atoms with van der Waals surface area (Å²) in [4.78, 5) is 15.7. The first kappa shape index (κ1) is 22.5.